The summed E-state index contributed by atoms with van der Waals surface area (Å²) in [7, 11) is 0. The van der Waals surface area contributed by atoms with Crippen LogP contribution >= 0.6 is 27.5 Å². The van der Waals surface area contributed by atoms with Crippen LogP contribution in [-0.4, -0.2) is 6.61 Å². The fourth-order valence-corrected chi connectivity index (χ4v) is 1.85. The molecule has 0 bridgehead atoms. The van der Waals surface area contributed by atoms with Gasteiger partial charge in [0.25, 0.3) is 0 Å². The largest absolute Gasteiger partial charge is 0.492 e. The zero-order valence-corrected chi connectivity index (χ0v) is 11.6. The van der Waals surface area contributed by atoms with Gasteiger partial charge in [-0.3, -0.25) is 0 Å². The molecule has 0 N–H and O–H groups in total. The Morgan fingerprint density at radius 3 is 2.88 bits per heavy atom. The zero-order chi connectivity index (χ0) is 11.8. The fourth-order valence-electron chi connectivity index (χ4n) is 1.34. The van der Waals surface area contributed by atoms with Gasteiger partial charge in [0.2, 0.25) is 0 Å². The Bertz CT molecular complexity index is 339. The number of hydrogen-bond acceptors (Lipinski definition) is 1. The van der Waals surface area contributed by atoms with Gasteiger partial charge in [0, 0.05) is 4.47 Å². The summed E-state index contributed by atoms with van der Waals surface area (Å²) in [5.74, 6) is 0.750. The van der Waals surface area contributed by atoms with E-state index >= 15 is 0 Å². The van der Waals surface area contributed by atoms with Crippen molar-refractivity contribution in [1.82, 2.24) is 0 Å². The summed E-state index contributed by atoms with van der Waals surface area (Å²) in [6.45, 7) is 4.41. The van der Waals surface area contributed by atoms with E-state index in [1.807, 2.05) is 24.3 Å². The zero-order valence-electron chi connectivity index (χ0n) is 9.22. The van der Waals surface area contributed by atoms with Gasteiger partial charge in [0.1, 0.15) is 5.75 Å². The second-order valence-electron chi connectivity index (χ2n) is 3.56. The summed E-state index contributed by atoms with van der Waals surface area (Å²) in [5.41, 5.74) is 0. The molecule has 0 aliphatic heterocycles. The molecule has 0 saturated heterocycles. The van der Waals surface area contributed by atoms with Crippen LogP contribution in [0.5, 0.6) is 5.75 Å². The maximum Gasteiger partial charge on any atom is 0.139 e. The van der Waals surface area contributed by atoms with Gasteiger partial charge in [-0.05, 0) is 43.9 Å². The van der Waals surface area contributed by atoms with Gasteiger partial charge in [-0.1, -0.05) is 33.6 Å². The van der Waals surface area contributed by atoms with E-state index in [0.29, 0.717) is 11.6 Å². The predicted octanol–water partition coefficient (Wildman–Crippen LogP) is 5.23. The van der Waals surface area contributed by atoms with Gasteiger partial charge in [0.05, 0.1) is 11.6 Å². The first-order chi connectivity index (χ1) is 7.74. The molecule has 88 valence electrons. The van der Waals surface area contributed by atoms with Gasteiger partial charge >= 0.3 is 0 Å². The third kappa shape index (κ3) is 5.04. The maximum absolute atomic E-state index is 6.00. The molecule has 0 aliphatic carbocycles. The summed E-state index contributed by atoms with van der Waals surface area (Å²) in [4.78, 5) is 0. The number of unbranched alkanes of at least 4 members (excludes halogenated alkanes) is 3. The molecule has 0 heterocycles. The van der Waals surface area contributed by atoms with Gasteiger partial charge in [-0.15, -0.1) is 6.58 Å². The molecule has 3 heteroatoms. The van der Waals surface area contributed by atoms with E-state index in [1.165, 1.54) is 6.42 Å². The Kier molecular flexibility index (Phi) is 6.58. The van der Waals surface area contributed by atoms with E-state index < -0.39 is 0 Å². The fraction of sp³-hybridized carbons (Fsp3) is 0.385. The average molecular weight is 304 g/mol. The van der Waals surface area contributed by atoms with E-state index in [-0.39, 0.29) is 0 Å². The van der Waals surface area contributed by atoms with Gasteiger partial charge < -0.3 is 4.74 Å². The van der Waals surface area contributed by atoms with Crippen molar-refractivity contribution in [2.24, 2.45) is 0 Å². The van der Waals surface area contributed by atoms with Crippen molar-refractivity contribution < 1.29 is 4.74 Å². The molecule has 0 unspecified atom stereocenters. The van der Waals surface area contributed by atoms with Crippen LogP contribution < -0.4 is 4.74 Å². The summed E-state index contributed by atoms with van der Waals surface area (Å²) < 4.78 is 6.59. The molecule has 1 nitrogen and oxygen atoms in total. The topological polar surface area (TPSA) is 9.23 Å². The Morgan fingerprint density at radius 1 is 1.31 bits per heavy atom. The average Bonchev–Trinajstić information content (AvgIpc) is 2.28. The first-order valence-corrected chi connectivity index (χ1v) is 6.60. The lowest BCUT2D eigenvalue weighted by Crippen LogP contribution is -1.97. The maximum atomic E-state index is 6.00. The molecule has 0 fully saturated rings. The Morgan fingerprint density at radius 2 is 2.12 bits per heavy atom. The molecule has 0 amide bonds. The number of benzene rings is 1. The highest BCUT2D eigenvalue weighted by molar-refractivity contribution is 9.10. The highest BCUT2D eigenvalue weighted by Gasteiger charge is 2.01. The first-order valence-electron chi connectivity index (χ1n) is 5.43. The highest BCUT2D eigenvalue weighted by Crippen LogP contribution is 2.28. The molecular formula is C13H16BrClO. The molecule has 1 aromatic rings. The first kappa shape index (κ1) is 13.6. The monoisotopic (exact) mass is 302 g/mol. The Labute approximate surface area is 111 Å². The number of rotatable bonds is 7. The van der Waals surface area contributed by atoms with Crippen LogP contribution in [0.1, 0.15) is 25.7 Å². The van der Waals surface area contributed by atoms with Crippen molar-refractivity contribution in [1.29, 1.82) is 0 Å². The lowest BCUT2D eigenvalue weighted by molar-refractivity contribution is 0.305. The quantitative estimate of drug-likeness (QED) is 0.495. The van der Waals surface area contributed by atoms with Crippen molar-refractivity contribution in [2.75, 3.05) is 6.61 Å². The lowest BCUT2D eigenvalue weighted by Gasteiger charge is -2.08. The van der Waals surface area contributed by atoms with Gasteiger partial charge in [-0.25, -0.2) is 0 Å². The minimum Gasteiger partial charge on any atom is -0.492 e. The lowest BCUT2D eigenvalue weighted by atomic mass is 10.2. The highest BCUT2D eigenvalue weighted by atomic mass is 79.9. The minimum atomic E-state index is 0.661. The van der Waals surface area contributed by atoms with Crippen molar-refractivity contribution in [3.05, 3.63) is 40.3 Å². The Balaban J connectivity index is 2.26. The molecule has 0 atom stereocenters. The van der Waals surface area contributed by atoms with Crippen LogP contribution in [0.15, 0.2) is 35.3 Å². The van der Waals surface area contributed by atoms with Crippen LogP contribution in [-0.2, 0) is 0 Å². The second-order valence-corrected chi connectivity index (χ2v) is 4.88. The van der Waals surface area contributed by atoms with Crippen molar-refractivity contribution in [2.45, 2.75) is 25.7 Å². The third-order valence-electron chi connectivity index (χ3n) is 2.20. The molecule has 1 rings (SSSR count). The Hall–Kier alpha value is -0.470. The van der Waals surface area contributed by atoms with Crippen LogP contribution in [0.2, 0.25) is 5.02 Å². The van der Waals surface area contributed by atoms with E-state index in [2.05, 4.69) is 22.5 Å². The third-order valence-corrected chi connectivity index (χ3v) is 3.01. The number of halogens is 2. The van der Waals surface area contributed by atoms with Crippen molar-refractivity contribution >= 4 is 27.5 Å². The SMILES string of the molecule is C=CCCCCCOc1cc(Br)ccc1Cl. The standard InChI is InChI=1S/C13H16BrClO/c1-2-3-4-5-6-9-16-13-10-11(14)7-8-12(13)15/h2,7-8,10H,1,3-6,9H2. The second kappa shape index (κ2) is 7.75. The normalized spacial score (nSPS) is 10.1. The number of allylic oxidation sites excluding steroid dienone is 1. The molecule has 0 aliphatic rings. The molecule has 0 radical (unpaired) electrons. The van der Waals surface area contributed by atoms with Crippen molar-refractivity contribution in [3.8, 4) is 5.75 Å². The molecular weight excluding hydrogens is 287 g/mol. The van der Waals surface area contributed by atoms with E-state index in [4.69, 9.17) is 16.3 Å². The summed E-state index contributed by atoms with van der Waals surface area (Å²) in [5, 5.41) is 0.661. The molecule has 1 aromatic carbocycles. The van der Waals surface area contributed by atoms with Crippen LogP contribution in [0.25, 0.3) is 0 Å². The minimum absolute atomic E-state index is 0.661. The predicted molar refractivity (Wildman–Crippen MR) is 73.3 cm³/mol. The smallest absolute Gasteiger partial charge is 0.139 e. The van der Waals surface area contributed by atoms with Crippen LogP contribution in [0.4, 0.5) is 0 Å². The molecule has 16 heavy (non-hydrogen) atoms. The molecule has 0 aromatic heterocycles. The van der Waals surface area contributed by atoms with E-state index in [9.17, 15) is 0 Å². The summed E-state index contributed by atoms with van der Waals surface area (Å²) in [6, 6.07) is 5.63. The van der Waals surface area contributed by atoms with Crippen molar-refractivity contribution in [3.63, 3.8) is 0 Å². The number of ether oxygens (including phenoxy) is 1. The molecule has 0 saturated carbocycles. The van der Waals surface area contributed by atoms with Crippen LogP contribution in [0, 0.1) is 0 Å². The van der Waals surface area contributed by atoms with Gasteiger partial charge in [-0.2, -0.15) is 0 Å². The van der Waals surface area contributed by atoms with Crippen LogP contribution in [0.3, 0.4) is 0 Å². The molecule has 0 spiro atoms. The summed E-state index contributed by atoms with van der Waals surface area (Å²) in [6.07, 6.45) is 6.43. The van der Waals surface area contributed by atoms with E-state index in [1.54, 1.807) is 0 Å². The number of hydrogen-bond donors (Lipinski definition) is 0. The van der Waals surface area contributed by atoms with Gasteiger partial charge in [0.15, 0.2) is 0 Å². The van der Waals surface area contributed by atoms with E-state index in [0.717, 1.165) is 29.5 Å². The summed E-state index contributed by atoms with van der Waals surface area (Å²) >= 11 is 9.39.